The summed E-state index contributed by atoms with van der Waals surface area (Å²) in [7, 11) is 0. The smallest absolute Gasteiger partial charge is 0.358 e. The van der Waals surface area contributed by atoms with E-state index in [4.69, 9.17) is 19.2 Å². The highest BCUT2D eigenvalue weighted by atomic mass is 19.4. The molecule has 0 aromatic rings. The van der Waals surface area contributed by atoms with E-state index in [-0.39, 0.29) is 11.8 Å². The molecule has 1 saturated carbocycles. The average molecular weight is 352 g/mol. The third-order valence-corrected chi connectivity index (χ3v) is 6.69. The quantitative estimate of drug-likeness (QED) is 0.679. The Bertz CT molecular complexity index is 542. The molecule has 4 saturated heterocycles. The van der Waals surface area contributed by atoms with E-state index in [1.54, 1.807) is 6.92 Å². The Morgan fingerprint density at radius 2 is 1.71 bits per heavy atom. The number of hydrogen-bond donors (Lipinski definition) is 1. The second-order valence-electron chi connectivity index (χ2n) is 8.01. The van der Waals surface area contributed by atoms with Crippen LogP contribution in [0.15, 0.2) is 0 Å². The Kier molecular flexibility index (Phi) is 3.44. The number of fused-ring (bicyclic) bond motifs is 2. The van der Waals surface area contributed by atoms with E-state index in [2.05, 4.69) is 6.92 Å². The summed E-state index contributed by atoms with van der Waals surface area (Å²) in [5, 5.41) is 10.4. The minimum absolute atomic E-state index is 0.0363. The second-order valence-corrected chi connectivity index (χ2v) is 8.01. The van der Waals surface area contributed by atoms with Gasteiger partial charge in [-0.3, -0.25) is 0 Å². The summed E-state index contributed by atoms with van der Waals surface area (Å²) in [6.07, 6.45) is -3.70. The van der Waals surface area contributed by atoms with E-state index in [1.165, 1.54) is 6.92 Å². The summed E-state index contributed by atoms with van der Waals surface area (Å²) < 4.78 is 51.7. The molecule has 4 heterocycles. The number of hydrogen-bond acceptors (Lipinski definition) is 5. The lowest BCUT2D eigenvalue weighted by Gasteiger charge is -2.62. The normalized spacial score (nSPS) is 57.4. The molecular formula is C16H23F3O5. The molecule has 0 unspecified atom stereocenters. The first-order valence-electron chi connectivity index (χ1n) is 8.55. The molecule has 8 heteroatoms. The van der Waals surface area contributed by atoms with Crippen LogP contribution in [0.2, 0.25) is 0 Å². The first-order chi connectivity index (χ1) is 11.0. The van der Waals surface area contributed by atoms with Gasteiger partial charge in [-0.25, -0.2) is 9.78 Å². The molecule has 0 aromatic carbocycles. The largest absolute Gasteiger partial charge is 0.443 e. The first-order valence-corrected chi connectivity index (χ1v) is 8.55. The molecule has 138 valence electrons. The SMILES string of the molecule is C[C@@H]1CC[C@H]2[C@@H](C)[C@](O)(C(F)(F)F)O[C@@H]3O[C@@]4(C)CC[C@@H]1[C@]32OO4. The fourth-order valence-electron chi connectivity index (χ4n) is 5.25. The van der Waals surface area contributed by atoms with Gasteiger partial charge in [-0.1, -0.05) is 13.8 Å². The number of aliphatic hydroxyl groups is 1. The fraction of sp³-hybridized carbons (Fsp3) is 1.00. The van der Waals surface area contributed by atoms with E-state index in [9.17, 15) is 18.3 Å². The number of alkyl halides is 3. The van der Waals surface area contributed by atoms with Crippen molar-refractivity contribution in [3.8, 4) is 0 Å². The van der Waals surface area contributed by atoms with Crippen LogP contribution in [0.1, 0.15) is 46.5 Å². The molecule has 2 bridgehead atoms. The second kappa shape index (κ2) is 4.85. The molecule has 0 amide bonds. The van der Waals surface area contributed by atoms with Crippen LogP contribution in [0.4, 0.5) is 13.2 Å². The lowest BCUT2D eigenvalue weighted by atomic mass is 9.57. The van der Waals surface area contributed by atoms with Gasteiger partial charge in [0, 0.05) is 18.3 Å². The van der Waals surface area contributed by atoms with Crippen molar-refractivity contribution in [3.63, 3.8) is 0 Å². The minimum atomic E-state index is -4.91. The molecule has 1 spiro atoms. The van der Waals surface area contributed by atoms with Crippen LogP contribution >= 0.6 is 0 Å². The predicted octanol–water partition coefficient (Wildman–Crippen LogP) is 3.12. The van der Waals surface area contributed by atoms with Crippen LogP contribution in [0.25, 0.3) is 0 Å². The molecular weight excluding hydrogens is 329 g/mol. The van der Waals surface area contributed by atoms with Crippen LogP contribution in [-0.4, -0.2) is 34.7 Å². The van der Waals surface area contributed by atoms with Crippen LogP contribution in [0.3, 0.4) is 0 Å². The van der Waals surface area contributed by atoms with E-state index in [0.717, 1.165) is 12.8 Å². The third-order valence-electron chi connectivity index (χ3n) is 6.69. The molecule has 24 heavy (non-hydrogen) atoms. The van der Waals surface area contributed by atoms with Gasteiger partial charge in [0.15, 0.2) is 11.9 Å². The summed E-state index contributed by atoms with van der Waals surface area (Å²) in [4.78, 5) is 11.3. The first kappa shape index (κ1) is 17.0. The lowest BCUT2D eigenvalue weighted by molar-refractivity contribution is -0.597. The van der Waals surface area contributed by atoms with Crippen molar-refractivity contribution in [2.24, 2.45) is 23.7 Å². The highest BCUT2D eigenvalue weighted by Crippen LogP contribution is 2.63. The third kappa shape index (κ3) is 1.95. The van der Waals surface area contributed by atoms with Gasteiger partial charge in [0.1, 0.15) is 0 Å². The maximum atomic E-state index is 13.6. The molecule has 5 rings (SSSR count). The van der Waals surface area contributed by atoms with Gasteiger partial charge < -0.3 is 14.6 Å². The Morgan fingerprint density at radius 3 is 2.38 bits per heavy atom. The van der Waals surface area contributed by atoms with Gasteiger partial charge in [0.25, 0.3) is 5.79 Å². The van der Waals surface area contributed by atoms with Gasteiger partial charge in [0.05, 0.1) is 0 Å². The standard InChI is InChI=1S/C16H23F3O5/c1-8-4-5-11-9(2)15(20,16(17,18)19)22-12-14(11)10(8)6-7-13(3,21-12)23-24-14/h8-12,20H,4-7H2,1-3H3/t8-,9-,10+,11+,12+,13-,14-,15-/m1/s1. The molecule has 8 atom stereocenters. The number of ether oxygens (including phenoxy) is 2. The predicted molar refractivity (Wildman–Crippen MR) is 74.0 cm³/mol. The molecule has 1 aliphatic carbocycles. The molecule has 0 radical (unpaired) electrons. The van der Waals surface area contributed by atoms with Crippen molar-refractivity contribution < 1.29 is 37.5 Å². The highest BCUT2D eigenvalue weighted by molar-refractivity contribution is 5.12. The van der Waals surface area contributed by atoms with Crippen LogP contribution < -0.4 is 0 Å². The van der Waals surface area contributed by atoms with Crippen molar-refractivity contribution in [1.29, 1.82) is 0 Å². The van der Waals surface area contributed by atoms with Crippen molar-refractivity contribution in [2.75, 3.05) is 0 Å². The monoisotopic (exact) mass is 352 g/mol. The van der Waals surface area contributed by atoms with Gasteiger partial charge >= 0.3 is 6.18 Å². The zero-order valence-electron chi connectivity index (χ0n) is 13.9. The Hall–Kier alpha value is -0.410. The molecule has 5 aliphatic rings. The molecule has 4 aliphatic heterocycles. The summed E-state index contributed by atoms with van der Waals surface area (Å²) >= 11 is 0. The fourth-order valence-corrected chi connectivity index (χ4v) is 5.25. The Labute approximate surface area is 138 Å². The maximum absolute atomic E-state index is 13.6. The zero-order valence-corrected chi connectivity index (χ0v) is 13.9. The van der Waals surface area contributed by atoms with E-state index >= 15 is 0 Å². The topological polar surface area (TPSA) is 57.2 Å². The summed E-state index contributed by atoms with van der Waals surface area (Å²) in [5.74, 6) is -5.94. The van der Waals surface area contributed by atoms with Crippen molar-refractivity contribution >= 4 is 0 Å². The minimum Gasteiger partial charge on any atom is -0.358 e. The number of rotatable bonds is 0. The summed E-state index contributed by atoms with van der Waals surface area (Å²) in [6.45, 7) is 5.08. The average Bonchev–Trinajstić information content (AvgIpc) is 2.70. The Balaban J connectivity index is 1.84. The zero-order chi connectivity index (χ0) is 17.5. The van der Waals surface area contributed by atoms with Gasteiger partial charge in [-0.15, -0.1) is 0 Å². The van der Waals surface area contributed by atoms with Crippen LogP contribution in [-0.2, 0) is 19.2 Å². The van der Waals surface area contributed by atoms with Crippen LogP contribution in [0.5, 0.6) is 0 Å². The molecule has 5 nitrogen and oxygen atoms in total. The Morgan fingerprint density at radius 1 is 1.00 bits per heavy atom. The van der Waals surface area contributed by atoms with Gasteiger partial charge in [-0.2, -0.15) is 13.2 Å². The molecule has 1 N–H and O–H groups in total. The molecule has 0 aromatic heterocycles. The molecule has 5 fully saturated rings. The maximum Gasteiger partial charge on any atom is 0.443 e. The van der Waals surface area contributed by atoms with E-state index in [0.29, 0.717) is 12.8 Å². The van der Waals surface area contributed by atoms with E-state index < -0.39 is 41.5 Å². The van der Waals surface area contributed by atoms with Crippen molar-refractivity contribution in [3.05, 3.63) is 0 Å². The van der Waals surface area contributed by atoms with Gasteiger partial charge in [-0.05, 0) is 38.0 Å². The summed E-state index contributed by atoms with van der Waals surface area (Å²) in [6, 6.07) is 0. The van der Waals surface area contributed by atoms with Crippen molar-refractivity contribution in [2.45, 2.75) is 76.1 Å². The summed E-state index contributed by atoms with van der Waals surface area (Å²) in [5.41, 5.74) is -1.11. The van der Waals surface area contributed by atoms with Gasteiger partial charge in [0.2, 0.25) is 5.79 Å². The highest BCUT2D eigenvalue weighted by Gasteiger charge is 2.76. The van der Waals surface area contributed by atoms with E-state index in [1.807, 2.05) is 0 Å². The number of halogens is 3. The van der Waals surface area contributed by atoms with Crippen LogP contribution in [0, 0.1) is 23.7 Å². The lowest BCUT2D eigenvalue weighted by Crippen LogP contribution is -2.75. The van der Waals surface area contributed by atoms with Crippen molar-refractivity contribution in [1.82, 2.24) is 0 Å².